The van der Waals surface area contributed by atoms with Crippen LogP contribution in [0.4, 0.5) is 0 Å². The molecule has 0 atom stereocenters. The Bertz CT molecular complexity index is 639. The standard InChI is InChI=1S/C16H16ClNOS2/c1-3-10-18(11-12-8-9-15(17)21-12)16(19)13-6-4-5-7-14(13)20-2/h3-9H,1,10-11H2,2H3. The van der Waals surface area contributed by atoms with Crippen molar-refractivity contribution in [3.8, 4) is 0 Å². The Morgan fingerprint density at radius 3 is 2.76 bits per heavy atom. The summed E-state index contributed by atoms with van der Waals surface area (Å²) >= 11 is 9.03. The van der Waals surface area contributed by atoms with Crippen molar-refractivity contribution in [1.29, 1.82) is 0 Å². The van der Waals surface area contributed by atoms with Gasteiger partial charge >= 0.3 is 0 Å². The predicted octanol–water partition coefficient (Wildman–Crippen LogP) is 4.95. The van der Waals surface area contributed by atoms with Gasteiger partial charge in [0.2, 0.25) is 0 Å². The lowest BCUT2D eigenvalue weighted by atomic mass is 10.2. The normalized spacial score (nSPS) is 10.4. The van der Waals surface area contributed by atoms with E-state index in [9.17, 15) is 4.79 Å². The highest BCUT2D eigenvalue weighted by Crippen LogP contribution is 2.25. The van der Waals surface area contributed by atoms with Crippen molar-refractivity contribution in [2.24, 2.45) is 0 Å². The first-order valence-electron chi connectivity index (χ1n) is 6.43. The Balaban J connectivity index is 2.24. The fraction of sp³-hybridized carbons (Fsp3) is 0.188. The molecule has 1 heterocycles. The summed E-state index contributed by atoms with van der Waals surface area (Å²) in [5, 5.41) is 0. The van der Waals surface area contributed by atoms with Gasteiger partial charge in [0, 0.05) is 16.3 Å². The monoisotopic (exact) mass is 337 g/mol. The third-order valence-corrected chi connectivity index (χ3v) is 4.96. The van der Waals surface area contributed by atoms with E-state index in [-0.39, 0.29) is 5.91 Å². The number of hydrogen-bond donors (Lipinski definition) is 0. The van der Waals surface area contributed by atoms with Crippen LogP contribution in [0.15, 0.2) is 53.9 Å². The summed E-state index contributed by atoms with van der Waals surface area (Å²) < 4.78 is 0.737. The molecule has 0 N–H and O–H groups in total. The van der Waals surface area contributed by atoms with Crippen molar-refractivity contribution < 1.29 is 4.79 Å². The molecular weight excluding hydrogens is 322 g/mol. The van der Waals surface area contributed by atoms with Gasteiger partial charge in [0.05, 0.1) is 16.4 Å². The van der Waals surface area contributed by atoms with Gasteiger partial charge in [0.15, 0.2) is 0 Å². The third-order valence-electron chi connectivity index (χ3n) is 2.95. The number of amides is 1. The number of carbonyl (C=O) groups excluding carboxylic acids is 1. The van der Waals surface area contributed by atoms with Gasteiger partial charge in [-0.05, 0) is 30.5 Å². The molecular formula is C16H16ClNOS2. The van der Waals surface area contributed by atoms with Gasteiger partial charge in [0.25, 0.3) is 5.91 Å². The van der Waals surface area contributed by atoms with Crippen LogP contribution >= 0.6 is 34.7 Å². The lowest BCUT2D eigenvalue weighted by Crippen LogP contribution is -2.30. The van der Waals surface area contributed by atoms with Crippen molar-refractivity contribution in [1.82, 2.24) is 4.90 Å². The quantitative estimate of drug-likeness (QED) is 0.549. The highest BCUT2D eigenvalue weighted by Gasteiger charge is 2.18. The molecule has 5 heteroatoms. The summed E-state index contributed by atoms with van der Waals surface area (Å²) in [7, 11) is 0. The van der Waals surface area contributed by atoms with E-state index in [1.165, 1.54) is 11.3 Å². The molecule has 0 saturated heterocycles. The fourth-order valence-corrected chi connectivity index (χ4v) is 3.68. The Kier molecular flexibility index (Phi) is 5.91. The van der Waals surface area contributed by atoms with Crippen molar-refractivity contribution >= 4 is 40.6 Å². The molecule has 2 rings (SSSR count). The van der Waals surface area contributed by atoms with E-state index in [0.717, 1.165) is 19.7 Å². The van der Waals surface area contributed by atoms with Gasteiger partial charge in [-0.3, -0.25) is 4.79 Å². The van der Waals surface area contributed by atoms with Crippen LogP contribution in [0, 0.1) is 0 Å². The second-order valence-corrected chi connectivity index (χ2v) is 7.03. The van der Waals surface area contributed by atoms with E-state index in [1.807, 2.05) is 42.7 Å². The van der Waals surface area contributed by atoms with Crippen LogP contribution in [-0.4, -0.2) is 23.6 Å². The number of nitrogens with zero attached hydrogens (tertiary/aromatic N) is 1. The summed E-state index contributed by atoms with van der Waals surface area (Å²) in [6, 6.07) is 11.5. The van der Waals surface area contributed by atoms with Crippen molar-refractivity contribution in [2.45, 2.75) is 11.4 Å². The Hall–Kier alpha value is -1.23. The lowest BCUT2D eigenvalue weighted by Gasteiger charge is -2.21. The molecule has 0 aliphatic rings. The van der Waals surface area contributed by atoms with Crippen LogP contribution in [-0.2, 0) is 6.54 Å². The van der Waals surface area contributed by atoms with E-state index in [1.54, 1.807) is 22.7 Å². The Labute approximate surface area is 138 Å². The summed E-state index contributed by atoms with van der Waals surface area (Å²) in [6.07, 6.45) is 3.72. The smallest absolute Gasteiger partial charge is 0.255 e. The molecule has 110 valence electrons. The van der Waals surface area contributed by atoms with Crippen LogP contribution in [0.5, 0.6) is 0 Å². The van der Waals surface area contributed by atoms with Gasteiger partial charge in [-0.25, -0.2) is 0 Å². The largest absolute Gasteiger partial charge is 0.330 e. The predicted molar refractivity (Wildman–Crippen MR) is 92.5 cm³/mol. The second kappa shape index (κ2) is 7.69. The van der Waals surface area contributed by atoms with Crippen LogP contribution in [0.3, 0.4) is 0 Å². The molecule has 2 nitrogen and oxygen atoms in total. The molecule has 1 amide bonds. The summed E-state index contributed by atoms with van der Waals surface area (Å²) in [4.78, 5) is 16.6. The molecule has 0 spiro atoms. The maximum Gasteiger partial charge on any atom is 0.255 e. The summed E-state index contributed by atoms with van der Waals surface area (Å²) in [5.41, 5.74) is 0.731. The number of benzene rings is 1. The van der Waals surface area contributed by atoms with Crippen molar-refractivity contribution in [3.05, 3.63) is 63.8 Å². The van der Waals surface area contributed by atoms with Gasteiger partial charge < -0.3 is 4.90 Å². The van der Waals surface area contributed by atoms with E-state index >= 15 is 0 Å². The lowest BCUT2D eigenvalue weighted by molar-refractivity contribution is 0.0761. The average Bonchev–Trinajstić information content (AvgIpc) is 2.91. The molecule has 1 aromatic carbocycles. The molecule has 0 fully saturated rings. The van der Waals surface area contributed by atoms with Gasteiger partial charge in [0.1, 0.15) is 0 Å². The number of halogens is 1. The molecule has 2 aromatic rings. The van der Waals surface area contributed by atoms with Crippen LogP contribution in [0.1, 0.15) is 15.2 Å². The molecule has 1 aromatic heterocycles. The minimum Gasteiger partial charge on any atom is -0.330 e. The van der Waals surface area contributed by atoms with E-state index < -0.39 is 0 Å². The molecule has 0 aliphatic heterocycles. The molecule has 0 bridgehead atoms. The van der Waals surface area contributed by atoms with E-state index in [2.05, 4.69) is 6.58 Å². The first-order valence-corrected chi connectivity index (χ1v) is 8.85. The zero-order chi connectivity index (χ0) is 15.2. The SMILES string of the molecule is C=CCN(Cc1ccc(Cl)s1)C(=O)c1ccccc1SC. The van der Waals surface area contributed by atoms with E-state index in [0.29, 0.717) is 13.1 Å². The summed E-state index contributed by atoms with van der Waals surface area (Å²) in [5.74, 6) is 0.0179. The molecule has 0 radical (unpaired) electrons. The summed E-state index contributed by atoms with van der Waals surface area (Å²) in [6.45, 7) is 4.80. The Morgan fingerprint density at radius 2 is 2.14 bits per heavy atom. The number of hydrogen-bond acceptors (Lipinski definition) is 3. The molecule has 0 aliphatic carbocycles. The van der Waals surface area contributed by atoms with Crippen LogP contribution in [0.2, 0.25) is 4.34 Å². The number of thiophene rings is 1. The van der Waals surface area contributed by atoms with Crippen molar-refractivity contribution in [3.63, 3.8) is 0 Å². The first kappa shape index (κ1) is 16.1. The molecule has 0 saturated carbocycles. The third kappa shape index (κ3) is 4.13. The first-order chi connectivity index (χ1) is 10.2. The minimum atomic E-state index is 0.0179. The van der Waals surface area contributed by atoms with E-state index in [4.69, 9.17) is 11.6 Å². The van der Waals surface area contributed by atoms with Crippen LogP contribution < -0.4 is 0 Å². The topological polar surface area (TPSA) is 20.3 Å². The second-order valence-electron chi connectivity index (χ2n) is 4.38. The molecule has 21 heavy (non-hydrogen) atoms. The highest BCUT2D eigenvalue weighted by atomic mass is 35.5. The average molecular weight is 338 g/mol. The zero-order valence-electron chi connectivity index (χ0n) is 11.7. The zero-order valence-corrected chi connectivity index (χ0v) is 14.1. The highest BCUT2D eigenvalue weighted by molar-refractivity contribution is 7.98. The van der Waals surface area contributed by atoms with Crippen molar-refractivity contribution in [2.75, 3.05) is 12.8 Å². The fourth-order valence-electron chi connectivity index (χ4n) is 1.99. The van der Waals surface area contributed by atoms with Gasteiger partial charge in [-0.1, -0.05) is 29.8 Å². The number of thioether (sulfide) groups is 1. The Morgan fingerprint density at radius 1 is 1.38 bits per heavy atom. The molecule has 0 unspecified atom stereocenters. The van der Waals surface area contributed by atoms with Gasteiger partial charge in [-0.15, -0.1) is 29.7 Å². The maximum absolute atomic E-state index is 12.8. The maximum atomic E-state index is 12.8. The minimum absolute atomic E-state index is 0.0179. The number of rotatable bonds is 6. The van der Waals surface area contributed by atoms with Gasteiger partial charge in [-0.2, -0.15) is 0 Å². The number of carbonyl (C=O) groups is 1. The van der Waals surface area contributed by atoms with Crippen LogP contribution in [0.25, 0.3) is 0 Å².